The maximum absolute atomic E-state index is 13.4. The highest BCUT2D eigenvalue weighted by atomic mass is 79.9. The van der Waals surface area contributed by atoms with Crippen molar-refractivity contribution in [2.45, 2.75) is 12.5 Å². The highest BCUT2D eigenvalue weighted by Crippen LogP contribution is 2.26. The third kappa shape index (κ3) is 3.38. The number of nitrogens with two attached hydrogens (primary N) is 2. The Morgan fingerprint density at radius 2 is 1.93 bits per heavy atom. The fourth-order valence-corrected chi connectivity index (χ4v) is 1.55. The summed E-state index contributed by atoms with van der Waals surface area (Å²) >= 11 is 2.97. The summed E-state index contributed by atoms with van der Waals surface area (Å²) in [5.74, 6) is -1.28. The fraction of sp³-hybridized carbons (Fsp3) is 0.333. The first kappa shape index (κ1) is 14.8. The van der Waals surface area contributed by atoms with Gasteiger partial charge in [0.1, 0.15) is 11.6 Å². The number of rotatable bonds is 3. The molecule has 0 unspecified atom stereocenters. The highest BCUT2D eigenvalue weighted by Gasteiger charge is 2.18. The van der Waals surface area contributed by atoms with Crippen LogP contribution in [0.2, 0.25) is 0 Å². The zero-order valence-electron chi connectivity index (χ0n) is 7.84. The van der Waals surface area contributed by atoms with Gasteiger partial charge in [0.05, 0.1) is 4.47 Å². The van der Waals surface area contributed by atoms with Gasteiger partial charge in [-0.3, -0.25) is 0 Å². The van der Waals surface area contributed by atoms with Gasteiger partial charge in [-0.25, -0.2) is 8.78 Å². The van der Waals surface area contributed by atoms with Crippen LogP contribution in [0.15, 0.2) is 16.6 Å². The predicted molar refractivity (Wildman–Crippen MR) is 61.9 cm³/mol. The molecule has 4 N–H and O–H groups in total. The lowest BCUT2D eigenvalue weighted by Crippen LogP contribution is -2.18. The van der Waals surface area contributed by atoms with E-state index in [1.165, 1.54) is 12.1 Å². The van der Waals surface area contributed by atoms with Crippen LogP contribution in [0, 0.1) is 11.6 Å². The molecule has 6 heteroatoms. The minimum Gasteiger partial charge on any atom is -0.330 e. The summed E-state index contributed by atoms with van der Waals surface area (Å²) in [5, 5.41) is 0. The summed E-state index contributed by atoms with van der Waals surface area (Å²) in [4.78, 5) is 0. The second-order valence-electron chi connectivity index (χ2n) is 2.94. The van der Waals surface area contributed by atoms with Crippen LogP contribution in [0.5, 0.6) is 0 Å². The first-order chi connectivity index (χ1) is 6.57. The predicted octanol–water partition coefficient (Wildman–Crippen LogP) is 2.50. The number of hydrogen-bond donors (Lipinski definition) is 2. The number of halogens is 4. The maximum atomic E-state index is 13.4. The molecule has 0 spiro atoms. The molecule has 86 valence electrons. The zero-order valence-corrected chi connectivity index (χ0v) is 10.2. The molecule has 0 aliphatic carbocycles. The smallest absolute Gasteiger partial charge is 0.145 e. The molecule has 1 aromatic rings. The van der Waals surface area contributed by atoms with Gasteiger partial charge < -0.3 is 11.5 Å². The molecule has 0 bridgehead atoms. The molecule has 0 aromatic heterocycles. The van der Waals surface area contributed by atoms with Gasteiger partial charge in [0, 0.05) is 11.6 Å². The Hall–Kier alpha value is -0.230. The van der Waals surface area contributed by atoms with Crippen molar-refractivity contribution < 1.29 is 8.78 Å². The second-order valence-corrected chi connectivity index (χ2v) is 3.80. The van der Waals surface area contributed by atoms with Crippen LogP contribution in [0.3, 0.4) is 0 Å². The Kier molecular flexibility index (Phi) is 6.28. The van der Waals surface area contributed by atoms with Gasteiger partial charge in [-0.2, -0.15) is 0 Å². The largest absolute Gasteiger partial charge is 0.330 e. The Bertz CT molecular complexity index is 336. The van der Waals surface area contributed by atoms with E-state index < -0.39 is 17.7 Å². The van der Waals surface area contributed by atoms with Crippen LogP contribution in [0.25, 0.3) is 0 Å². The van der Waals surface area contributed by atoms with Crippen LogP contribution in [-0.4, -0.2) is 6.54 Å². The molecular weight excluding hydrogens is 289 g/mol. The molecule has 0 heterocycles. The third-order valence-electron chi connectivity index (χ3n) is 1.93. The van der Waals surface area contributed by atoms with Crippen LogP contribution in [0.4, 0.5) is 8.78 Å². The van der Waals surface area contributed by atoms with Crippen molar-refractivity contribution in [2.24, 2.45) is 11.5 Å². The van der Waals surface area contributed by atoms with Gasteiger partial charge in [-0.1, -0.05) is 0 Å². The van der Waals surface area contributed by atoms with E-state index in [9.17, 15) is 8.78 Å². The van der Waals surface area contributed by atoms with Crippen LogP contribution in [-0.2, 0) is 0 Å². The minimum atomic E-state index is -0.697. The van der Waals surface area contributed by atoms with Crippen molar-refractivity contribution in [3.63, 3.8) is 0 Å². The number of benzene rings is 1. The van der Waals surface area contributed by atoms with Crippen molar-refractivity contribution in [3.05, 3.63) is 33.8 Å². The van der Waals surface area contributed by atoms with Crippen LogP contribution < -0.4 is 11.5 Å². The van der Waals surface area contributed by atoms with Crippen molar-refractivity contribution in [3.8, 4) is 0 Å². The third-order valence-corrected chi connectivity index (χ3v) is 2.54. The summed E-state index contributed by atoms with van der Waals surface area (Å²) in [6, 6.07) is 1.79. The average molecular weight is 302 g/mol. The molecule has 0 saturated heterocycles. The number of hydrogen-bond acceptors (Lipinski definition) is 2. The summed E-state index contributed by atoms with van der Waals surface area (Å²) < 4.78 is 26.9. The summed E-state index contributed by atoms with van der Waals surface area (Å²) in [7, 11) is 0. The summed E-state index contributed by atoms with van der Waals surface area (Å²) in [6.45, 7) is 0.298. The molecule has 0 radical (unpaired) electrons. The van der Waals surface area contributed by atoms with E-state index >= 15 is 0 Å². The average Bonchev–Trinajstić information content (AvgIpc) is 2.13. The van der Waals surface area contributed by atoms with Gasteiger partial charge in [-0.05, 0) is 41.0 Å². The Morgan fingerprint density at radius 1 is 1.33 bits per heavy atom. The van der Waals surface area contributed by atoms with E-state index in [1.807, 2.05) is 0 Å². The van der Waals surface area contributed by atoms with E-state index in [0.717, 1.165) is 0 Å². The topological polar surface area (TPSA) is 52.0 Å². The Balaban J connectivity index is 0.00000196. The molecule has 0 aliphatic rings. The fourth-order valence-electron chi connectivity index (χ4n) is 1.21. The molecule has 1 atom stereocenters. The normalized spacial score (nSPS) is 12.1. The van der Waals surface area contributed by atoms with E-state index in [-0.39, 0.29) is 22.4 Å². The molecule has 0 aliphatic heterocycles. The van der Waals surface area contributed by atoms with Crippen molar-refractivity contribution in [1.29, 1.82) is 0 Å². The van der Waals surface area contributed by atoms with E-state index in [4.69, 9.17) is 11.5 Å². The van der Waals surface area contributed by atoms with Gasteiger partial charge >= 0.3 is 0 Å². The molecular formula is C9H12BrClF2N2. The van der Waals surface area contributed by atoms with Crippen molar-refractivity contribution >= 4 is 28.3 Å². The standard InChI is InChI=1S/C9H11BrF2N2.ClH/c10-5-1-2-6(11)8(9(5)12)7(14)3-4-13;/h1-2,7H,3-4,13-14H2;1H/t7-;/m0./s1. The van der Waals surface area contributed by atoms with Gasteiger partial charge in [0.25, 0.3) is 0 Å². The van der Waals surface area contributed by atoms with Crippen molar-refractivity contribution in [1.82, 2.24) is 0 Å². The lowest BCUT2D eigenvalue weighted by molar-refractivity contribution is 0.511. The quantitative estimate of drug-likeness (QED) is 0.843. The van der Waals surface area contributed by atoms with Gasteiger partial charge in [0.15, 0.2) is 0 Å². The van der Waals surface area contributed by atoms with E-state index in [2.05, 4.69) is 15.9 Å². The lowest BCUT2D eigenvalue weighted by atomic mass is 10.0. The molecule has 0 amide bonds. The lowest BCUT2D eigenvalue weighted by Gasteiger charge is -2.13. The van der Waals surface area contributed by atoms with Gasteiger partial charge in [0.2, 0.25) is 0 Å². The van der Waals surface area contributed by atoms with E-state index in [1.54, 1.807) is 0 Å². The first-order valence-electron chi connectivity index (χ1n) is 4.17. The summed E-state index contributed by atoms with van der Waals surface area (Å²) in [6.07, 6.45) is 0.351. The molecule has 15 heavy (non-hydrogen) atoms. The monoisotopic (exact) mass is 300 g/mol. The Labute approximate surface area is 102 Å². The maximum Gasteiger partial charge on any atom is 0.145 e. The zero-order chi connectivity index (χ0) is 10.7. The Morgan fingerprint density at radius 3 is 2.47 bits per heavy atom. The molecule has 1 aromatic carbocycles. The molecule has 1 rings (SSSR count). The minimum absolute atomic E-state index is 0. The van der Waals surface area contributed by atoms with E-state index in [0.29, 0.717) is 13.0 Å². The summed E-state index contributed by atoms with van der Waals surface area (Å²) in [5.41, 5.74) is 10.8. The molecule has 0 fully saturated rings. The first-order valence-corrected chi connectivity index (χ1v) is 4.96. The van der Waals surface area contributed by atoms with Crippen LogP contribution in [0.1, 0.15) is 18.0 Å². The highest BCUT2D eigenvalue weighted by molar-refractivity contribution is 9.10. The van der Waals surface area contributed by atoms with Gasteiger partial charge in [-0.15, -0.1) is 12.4 Å². The SMILES string of the molecule is Cl.NCC[C@H](N)c1c(F)ccc(Br)c1F. The van der Waals surface area contributed by atoms with Crippen molar-refractivity contribution in [2.75, 3.05) is 6.54 Å². The molecule has 0 saturated carbocycles. The van der Waals surface area contributed by atoms with Crippen LogP contribution >= 0.6 is 28.3 Å². The molecule has 2 nitrogen and oxygen atoms in total. The second kappa shape index (κ2) is 6.37.